The van der Waals surface area contributed by atoms with Gasteiger partial charge in [-0.3, -0.25) is 29.3 Å². The zero-order valence-electron chi connectivity index (χ0n) is 21.9. The summed E-state index contributed by atoms with van der Waals surface area (Å²) in [6.07, 6.45) is 0. The number of rotatable bonds is 7. The van der Waals surface area contributed by atoms with Gasteiger partial charge in [-0.2, -0.15) is 0 Å². The number of carbonyl (C=O) groups is 3. The number of thioether (sulfide) groups is 1. The fraction of sp³-hybridized carbons (Fsp3) is 0.172. The van der Waals surface area contributed by atoms with Gasteiger partial charge in [0.05, 0.1) is 21.6 Å². The summed E-state index contributed by atoms with van der Waals surface area (Å²) in [5.41, 5.74) is 2.17. The maximum atomic E-state index is 14.0. The number of nitrogens with zero attached hydrogens (tertiary/aromatic N) is 2. The highest BCUT2D eigenvalue weighted by atomic mass is 32.2. The highest BCUT2D eigenvalue weighted by Crippen LogP contribution is 2.54. The molecule has 0 saturated carbocycles. The van der Waals surface area contributed by atoms with Crippen molar-refractivity contribution in [2.45, 2.75) is 23.1 Å². The number of nitro benzene ring substituents is 1. The van der Waals surface area contributed by atoms with E-state index in [9.17, 15) is 29.3 Å². The van der Waals surface area contributed by atoms with Gasteiger partial charge in [0.15, 0.2) is 6.61 Å². The lowest BCUT2D eigenvalue weighted by molar-refractivity contribution is -0.384. The van der Waals surface area contributed by atoms with Crippen LogP contribution < -0.4 is 19.8 Å². The number of non-ortho nitro benzene ring substituents is 1. The van der Waals surface area contributed by atoms with Gasteiger partial charge in [-0.25, -0.2) is 4.90 Å². The molecule has 4 aromatic rings. The molecular weight excluding hydrogens is 580 g/mol. The van der Waals surface area contributed by atoms with E-state index in [2.05, 4.69) is 10.3 Å². The molecule has 3 heterocycles. The second-order valence-corrected chi connectivity index (χ2v) is 11.9. The molecule has 2 N–H and O–H groups in total. The summed E-state index contributed by atoms with van der Waals surface area (Å²) in [5, 5.41) is 13.6. The minimum absolute atomic E-state index is 0.167. The van der Waals surface area contributed by atoms with E-state index in [1.165, 1.54) is 24.3 Å². The van der Waals surface area contributed by atoms with Crippen LogP contribution in [0.5, 0.6) is 5.75 Å². The number of aromatic amines is 1. The lowest BCUT2D eigenvalue weighted by atomic mass is 9.82. The monoisotopic (exact) mass is 602 g/mol. The Morgan fingerprint density at radius 3 is 2.48 bits per heavy atom. The smallest absolute Gasteiger partial charge is 0.305 e. The van der Waals surface area contributed by atoms with Crippen molar-refractivity contribution in [3.8, 4) is 5.75 Å². The number of amides is 3. The first-order chi connectivity index (χ1) is 20.2. The number of fused-ring (bicyclic) bond motifs is 2. The zero-order valence-corrected chi connectivity index (χ0v) is 23.6. The Kier molecular flexibility index (Phi) is 7.12. The summed E-state index contributed by atoms with van der Waals surface area (Å²) >= 11 is 2.08. The highest BCUT2D eigenvalue weighted by Gasteiger charge is 2.56. The van der Waals surface area contributed by atoms with Crippen LogP contribution in [0.25, 0.3) is 0 Å². The molecule has 13 heteroatoms. The van der Waals surface area contributed by atoms with E-state index in [0.29, 0.717) is 26.9 Å². The van der Waals surface area contributed by atoms with Crippen molar-refractivity contribution < 1.29 is 24.0 Å². The normalized spacial score (nSPS) is 19.3. The summed E-state index contributed by atoms with van der Waals surface area (Å²) in [6, 6.07) is 19.5. The molecule has 11 nitrogen and oxygen atoms in total. The van der Waals surface area contributed by atoms with Gasteiger partial charge in [-0.1, -0.05) is 59.5 Å². The summed E-state index contributed by atoms with van der Waals surface area (Å²) in [4.78, 5) is 67.4. The molecule has 1 fully saturated rings. The number of aryl methyl sites for hydroxylation is 1. The van der Waals surface area contributed by atoms with E-state index in [1.54, 1.807) is 30.3 Å². The fourth-order valence-electron chi connectivity index (χ4n) is 5.24. The third-order valence-corrected chi connectivity index (χ3v) is 9.58. The molecule has 0 radical (unpaired) electrons. The van der Waals surface area contributed by atoms with E-state index in [-0.39, 0.29) is 28.8 Å². The molecule has 3 atom stereocenters. The fourth-order valence-corrected chi connectivity index (χ4v) is 7.75. The largest absolute Gasteiger partial charge is 0.483 e. The second kappa shape index (κ2) is 10.9. The number of hydrogen-bond donors (Lipinski definition) is 2. The molecule has 0 aliphatic carbocycles. The zero-order chi connectivity index (χ0) is 29.5. The quantitative estimate of drug-likeness (QED) is 0.179. The van der Waals surface area contributed by atoms with Gasteiger partial charge in [-0.05, 0) is 36.8 Å². The predicted molar refractivity (Wildman–Crippen MR) is 157 cm³/mol. The van der Waals surface area contributed by atoms with Crippen molar-refractivity contribution in [1.82, 2.24) is 4.98 Å². The molecule has 1 aromatic heterocycles. The predicted octanol–water partition coefficient (Wildman–Crippen LogP) is 4.47. The van der Waals surface area contributed by atoms with E-state index < -0.39 is 33.8 Å². The Balaban J connectivity index is 1.34. The second-order valence-electron chi connectivity index (χ2n) is 9.72. The van der Waals surface area contributed by atoms with Crippen LogP contribution in [0.15, 0.2) is 82.6 Å². The summed E-state index contributed by atoms with van der Waals surface area (Å²) in [7, 11) is 0. The number of hydrogen-bond acceptors (Lipinski definition) is 9. The van der Waals surface area contributed by atoms with Gasteiger partial charge in [0.25, 0.3) is 11.6 Å². The third kappa shape index (κ3) is 4.86. The number of aromatic nitrogens is 1. The number of para-hydroxylation sites is 2. The molecule has 0 bridgehead atoms. The number of nitrogens with one attached hydrogen (secondary N) is 2. The number of thiazole rings is 1. The SMILES string of the molecule is Cc1ccccc1NC(=O)COc1ccccc1[C@H]1c2sc(=O)[nH]c2SC2C(=O)N(c3ccc([N+](=O)[O-])cc3)C(=O)C21. The molecular formula is C29H22N4O7S2. The topological polar surface area (TPSA) is 152 Å². The van der Waals surface area contributed by atoms with Crippen molar-refractivity contribution in [2.75, 3.05) is 16.8 Å². The molecule has 6 rings (SSSR count). The van der Waals surface area contributed by atoms with Crippen molar-refractivity contribution in [3.05, 3.63) is 109 Å². The van der Waals surface area contributed by atoms with Crippen molar-refractivity contribution in [2.24, 2.45) is 5.92 Å². The van der Waals surface area contributed by atoms with Gasteiger partial charge in [-0.15, -0.1) is 0 Å². The standard InChI is InChI=1S/C29H22N4O7S2/c1-15-6-2-4-8-19(15)30-21(34)14-40-20-9-5-3-7-18(20)22-23-25(41-26-24(22)42-29(37)31-26)28(36)32(27(23)35)16-10-12-17(13-11-16)33(38)39/h2-13,22-23,25H,14H2,1H3,(H,30,34)(H,31,37)/t22-,23?,25?/m1/s1. The van der Waals surface area contributed by atoms with Gasteiger partial charge >= 0.3 is 4.87 Å². The van der Waals surface area contributed by atoms with Crippen LogP contribution in [0.1, 0.15) is 21.9 Å². The van der Waals surface area contributed by atoms with E-state index in [0.717, 1.165) is 33.6 Å². The molecule has 2 aliphatic rings. The van der Waals surface area contributed by atoms with Gasteiger partial charge in [0.1, 0.15) is 11.0 Å². The average molecular weight is 603 g/mol. The molecule has 0 spiro atoms. The van der Waals surface area contributed by atoms with Crippen LogP contribution in [0.3, 0.4) is 0 Å². The lowest BCUT2D eigenvalue weighted by Crippen LogP contribution is -2.32. The van der Waals surface area contributed by atoms with Crippen LogP contribution in [0.4, 0.5) is 17.1 Å². The number of imide groups is 1. The minimum atomic E-state index is -0.887. The van der Waals surface area contributed by atoms with E-state index >= 15 is 0 Å². The number of benzene rings is 3. The molecule has 3 aromatic carbocycles. The van der Waals surface area contributed by atoms with Gasteiger partial charge in [0, 0.05) is 34.2 Å². The van der Waals surface area contributed by atoms with Crippen LogP contribution >= 0.6 is 23.1 Å². The van der Waals surface area contributed by atoms with Crippen molar-refractivity contribution in [1.29, 1.82) is 0 Å². The van der Waals surface area contributed by atoms with Gasteiger partial charge < -0.3 is 15.0 Å². The summed E-state index contributed by atoms with van der Waals surface area (Å²) in [6.45, 7) is 1.57. The summed E-state index contributed by atoms with van der Waals surface area (Å²) < 4.78 is 5.97. The van der Waals surface area contributed by atoms with Crippen molar-refractivity contribution >= 4 is 57.9 Å². The number of nitro groups is 1. The van der Waals surface area contributed by atoms with Crippen LogP contribution in [-0.4, -0.2) is 39.5 Å². The van der Waals surface area contributed by atoms with Crippen LogP contribution in [0, 0.1) is 23.0 Å². The maximum absolute atomic E-state index is 14.0. The first-order valence-corrected chi connectivity index (χ1v) is 14.5. The molecule has 2 unspecified atom stereocenters. The summed E-state index contributed by atoms with van der Waals surface area (Å²) in [5.74, 6) is -2.61. The van der Waals surface area contributed by atoms with Crippen LogP contribution in [0.2, 0.25) is 0 Å². The first kappa shape index (κ1) is 27.4. The molecule has 42 heavy (non-hydrogen) atoms. The average Bonchev–Trinajstić information content (AvgIpc) is 3.47. The minimum Gasteiger partial charge on any atom is -0.483 e. The van der Waals surface area contributed by atoms with E-state index in [4.69, 9.17) is 4.74 Å². The number of carbonyl (C=O) groups excluding carboxylic acids is 3. The third-order valence-electron chi connectivity index (χ3n) is 7.17. The van der Waals surface area contributed by atoms with Crippen LogP contribution in [-0.2, 0) is 14.4 Å². The first-order valence-electron chi connectivity index (χ1n) is 12.8. The highest BCUT2D eigenvalue weighted by molar-refractivity contribution is 8.00. The Hall–Kier alpha value is -4.75. The Morgan fingerprint density at radius 1 is 1.02 bits per heavy atom. The molecule has 3 amide bonds. The molecule has 1 saturated heterocycles. The maximum Gasteiger partial charge on any atom is 0.305 e. The molecule has 2 aliphatic heterocycles. The Morgan fingerprint density at radius 2 is 1.74 bits per heavy atom. The Labute approximate surface area is 246 Å². The Bertz CT molecular complexity index is 1800. The van der Waals surface area contributed by atoms with Crippen molar-refractivity contribution in [3.63, 3.8) is 0 Å². The molecule has 212 valence electrons. The number of anilines is 2. The van der Waals surface area contributed by atoms with E-state index in [1.807, 2.05) is 25.1 Å². The number of ether oxygens (including phenoxy) is 1. The van der Waals surface area contributed by atoms with Gasteiger partial charge in [0.2, 0.25) is 11.8 Å². The lowest BCUT2D eigenvalue weighted by Gasteiger charge is -2.30. The number of H-pyrrole nitrogens is 1.